The molecule has 170 valence electrons. The van der Waals surface area contributed by atoms with E-state index >= 15 is 4.39 Å². The lowest BCUT2D eigenvalue weighted by Crippen LogP contribution is -2.53. The SMILES string of the molecule is CC(C)(F)[C@H](c1cc(F)cc(F)c1)C1CN(C(c2ccc(Cl)cc2)c2cccc(C#N)c2)C1. The van der Waals surface area contributed by atoms with Gasteiger partial charge in [0.05, 0.1) is 17.7 Å². The molecule has 3 aromatic rings. The number of hydrogen-bond acceptors (Lipinski definition) is 2. The smallest absolute Gasteiger partial charge is 0.126 e. The Morgan fingerprint density at radius 1 is 0.939 bits per heavy atom. The Bertz CT molecular complexity index is 1150. The quantitative estimate of drug-likeness (QED) is 0.388. The van der Waals surface area contributed by atoms with Gasteiger partial charge < -0.3 is 0 Å². The minimum absolute atomic E-state index is 0.125. The maximum atomic E-state index is 15.3. The van der Waals surface area contributed by atoms with E-state index in [1.807, 2.05) is 42.5 Å². The molecule has 2 atom stereocenters. The standard InChI is InChI=1S/C27H24ClF3N2/c1-27(2,31)25(20-11-23(29)13-24(30)12-20)21-15-33(16-21)26(18-6-8-22(28)9-7-18)19-5-3-4-17(10-19)14-32/h3-13,21,25-26H,15-16H2,1-2H3/t25-,26?/m1/s1. The molecule has 1 saturated heterocycles. The molecule has 0 aliphatic carbocycles. The maximum absolute atomic E-state index is 15.3. The van der Waals surface area contributed by atoms with Crippen molar-refractivity contribution >= 4 is 11.6 Å². The normalized spacial score (nSPS) is 16.6. The van der Waals surface area contributed by atoms with E-state index in [1.165, 1.54) is 26.0 Å². The second-order valence-corrected chi connectivity index (χ2v) is 9.59. The molecule has 1 aliphatic heterocycles. The van der Waals surface area contributed by atoms with Crippen LogP contribution in [0.4, 0.5) is 13.2 Å². The Hall–Kier alpha value is -2.81. The van der Waals surface area contributed by atoms with Crippen molar-refractivity contribution in [2.24, 2.45) is 5.92 Å². The molecule has 1 unspecified atom stereocenters. The minimum Gasteiger partial charge on any atom is -0.292 e. The fraction of sp³-hybridized carbons (Fsp3) is 0.296. The number of nitriles is 1. The fourth-order valence-corrected chi connectivity index (χ4v) is 5.12. The number of hydrogen-bond donors (Lipinski definition) is 0. The molecule has 0 amide bonds. The van der Waals surface area contributed by atoms with E-state index in [4.69, 9.17) is 11.6 Å². The first-order valence-corrected chi connectivity index (χ1v) is 11.2. The molecule has 0 saturated carbocycles. The van der Waals surface area contributed by atoms with Crippen molar-refractivity contribution in [1.82, 2.24) is 4.90 Å². The summed E-state index contributed by atoms with van der Waals surface area (Å²) < 4.78 is 43.1. The fourth-order valence-electron chi connectivity index (χ4n) is 4.99. The van der Waals surface area contributed by atoms with Gasteiger partial charge in [0.2, 0.25) is 0 Å². The zero-order chi connectivity index (χ0) is 23.8. The molecule has 33 heavy (non-hydrogen) atoms. The van der Waals surface area contributed by atoms with Gasteiger partial charge in [-0.25, -0.2) is 13.2 Å². The average molecular weight is 469 g/mol. The summed E-state index contributed by atoms with van der Waals surface area (Å²) in [5.41, 5.74) is 1.18. The van der Waals surface area contributed by atoms with Gasteiger partial charge in [-0.05, 0) is 72.9 Å². The highest BCUT2D eigenvalue weighted by molar-refractivity contribution is 6.30. The zero-order valence-electron chi connectivity index (χ0n) is 18.4. The molecule has 2 nitrogen and oxygen atoms in total. The first-order valence-electron chi connectivity index (χ1n) is 10.8. The zero-order valence-corrected chi connectivity index (χ0v) is 19.2. The summed E-state index contributed by atoms with van der Waals surface area (Å²) >= 11 is 6.09. The maximum Gasteiger partial charge on any atom is 0.126 e. The monoisotopic (exact) mass is 468 g/mol. The van der Waals surface area contributed by atoms with Crippen molar-refractivity contribution in [3.8, 4) is 6.07 Å². The van der Waals surface area contributed by atoms with E-state index in [0.717, 1.165) is 17.2 Å². The third-order valence-electron chi connectivity index (χ3n) is 6.28. The third kappa shape index (κ3) is 5.08. The van der Waals surface area contributed by atoms with Gasteiger partial charge in [-0.1, -0.05) is 35.9 Å². The van der Waals surface area contributed by atoms with Gasteiger partial charge in [-0.15, -0.1) is 0 Å². The summed E-state index contributed by atoms with van der Waals surface area (Å²) in [6, 6.07) is 20.2. The number of alkyl halides is 1. The van der Waals surface area contributed by atoms with Gasteiger partial charge in [0, 0.05) is 30.1 Å². The molecule has 0 spiro atoms. The van der Waals surface area contributed by atoms with Crippen LogP contribution in [0.1, 0.15) is 48.1 Å². The van der Waals surface area contributed by atoms with Gasteiger partial charge >= 0.3 is 0 Å². The molecule has 4 rings (SSSR count). The first-order chi connectivity index (χ1) is 15.7. The summed E-state index contributed by atoms with van der Waals surface area (Å²) in [7, 11) is 0. The summed E-state index contributed by atoms with van der Waals surface area (Å²) in [6.45, 7) is 3.99. The van der Waals surface area contributed by atoms with Crippen LogP contribution < -0.4 is 0 Å². The lowest BCUT2D eigenvalue weighted by Gasteiger charge is -2.50. The van der Waals surface area contributed by atoms with Gasteiger partial charge in [0.15, 0.2) is 0 Å². The van der Waals surface area contributed by atoms with Crippen molar-refractivity contribution in [3.63, 3.8) is 0 Å². The molecule has 3 aromatic carbocycles. The number of benzene rings is 3. The molecule has 0 aromatic heterocycles. The molecule has 6 heteroatoms. The average Bonchev–Trinajstić information content (AvgIpc) is 2.72. The second-order valence-electron chi connectivity index (χ2n) is 9.15. The Kier molecular flexibility index (Phi) is 6.52. The van der Waals surface area contributed by atoms with Gasteiger partial charge in [0.1, 0.15) is 17.3 Å². The minimum atomic E-state index is -1.66. The molecular formula is C27H24ClF3N2. The van der Waals surface area contributed by atoms with Crippen LogP contribution in [0, 0.1) is 28.9 Å². The Morgan fingerprint density at radius 2 is 1.58 bits per heavy atom. The number of likely N-dealkylation sites (tertiary alicyclic amines) is 1. The third-order valence-corrected chi connectivity index (χ3v) is 6.53. The lowest BCUT2D eigenvalue weighted by atomic mass is 9.72. The van der Waals surface area contributed by atoms with E-state index < -0.39 is 23.2 Å². The van der Waals surface area contributed by atoms with Crippen LogP contribution in [-0.4, -0.2) is 23.7 Å². The predicted molar refractivity (Wildman–Crippen MR) is 124 cm³/mol. The summed E-state index contributed by atoms with van der Waals surface area (Å²) in [5.74, 6) is -2.19. The highest BCUT2D eigenvalue weighted by Crippen LogP contribution is 2.45. The van der Waals surface area contributed by atoms with Crippen LogP contribution in [0.2, 0.25) is 5.02 Å². The van der Waals surface area contributed by atoms with Crippen molar-refractivity contribution < 1.29 is 13.2 Å². The van der Waals surface area contributed by atoms with E-state index in [0.29, 0.717) is 29.2 Å². The molecule has 1 aliphatic rings. The Balaban J connectivity index is 1.65. The topological polar surface area (TPSA) is 27.0 Å². The van der Waals surface area contributed by atoms with Crippen molar-refractivity contribution in [2.45, 2.75) is 31.5 Å². The number of halogens is 4. The molecule has 1 fully saturated rings. The molecular weight excluding hydrogens is 445 g/mol. The van der Waals surface area contributed by atoms with E-state index in [-0.39, 0.29) is 12.0 Å². The molecule has 0 bridgehead atoms. The van der Waals surface area contributed by atoms with E-state index in [2.05, 4.69) is 11.0 Å². The van der Waals surface area contributed by atoms with Crippen molar-refractivity contribution in [3.05, 3.63) is 106 Å². The lowest BCUT2D eigenvalue weighted by molar-refractivity contribution is 0.00804. The van der Waals surface area contributed by atoms with Crippen molar-refractivity contribution in [2.75, 3.05) is 13.1 Å². The van der Waals surface area contributed by atoms with Crippen LogP contribution >= 0.6 is 11.6 Å². The molecule has 0 radical (unpaired) electrons. The van der Waals surface area contributed by atoms with Crippen LogP contribution in [-0.2, 0) is 0 Å². The van der Waals surface area contributed by atoms with Crippen LogP contribution in [0.25, 0.3) is 0 Å². The first kappa shape index (κ1) is 23.4. The van der Waals surface area contributed by atoms with Crippen LogP contribution in [0.3, 0.4) is 0 Å². The Labute approximate surface area is 197 Å². The second kappa shape index (κ2) is 9.21. The summed E-state index contributed by atoms with van der Waals surface area (Å²) in [5, 5.41) is 9.97. The largest absolute Gasteiger partial charge is 0.292 e. The van der Waals surface area contributed by atoms with Crippen LogP contribution in [0.5, 0.6) is 0 Å². The number of rotatable bonds is 6. The van der Waals surface area contributed by atoms with Gasteiger partial charge in [-0.2, -0.15) is 5.26 Å². The summed E-state index contributed by atoms with van der Waals surface area (Å²) in [4.78, 5) is 2.19. The van der Waals surface area contributed by atoms with Gasteiger partial charge in [0.25, 0.3) is 0 Å². The van der Waals surface area contributed by atoms with Gasteiger partial charge in [-0.3, -0.25) is 4.90 Å². The predicted octanol–water partition coefficient (Wildman–Crippen LogP) is 7.04. The van der Waals surface area contributed by atoms with E-state index in [9.17, 15) is 14.0 Å². The molecule has 1 heterocycles. The number of nitrogens with zero attached hydrogens (tertiary/aromatic N) is 2. The Morgan fingerprint density at radius 3 is 2.15 bits per heavy atom. The molecule has 0 N–H and O–H groups in total. The van der Waals surface area contributed by atoms with E-state index in [1.54, 1.807) is 6.07 Å². The van der Waals surface area contributed by atoms with Crippen molar-refractivity contribution in [1.29, 1.82) is 5.26 Å². The highest BCUT2D eigenvalue weighted by atomic mass is 35.5. The summed E-state index contributed by atoms with van der Waals surface area (Å²) in [6.07, 6.45) is 0. The van der Waals surface area contributed by atoms with Crippen LogP contribution in [0.15, 0.2) is 66.7 Å². The highest BCUT2D eigenvalue weighted by Gasteiger charge is 2.45.